The van der Waals surface area contributed by atoms with Crippen LogP contribution in [0.1, 0.15) is 31.0 Å². The van der Waals surface area contributed by atoms with Crippen LogP contribution >= 0.6 is 11.6 Å². The molecular weight excluding hydrogens is 421 g/mol. The molecule has 1 aliphatic rings. The number of alkyl halides is 3. The lowest BCUT2D eigenvalue weighted by Gasteiger charge is -2.35. The summed E-state index contributed by atoms with van der Waals surface area (Å²) >= 11 is 5.92. The predicted octanol–water partition coefficient (Wildman–Crippen LogP) is 5.47. The summed E-state index contributed by atoms with van der Waals surface area (Å²) in [5.41, 5.74) is -0.0409. The Morgan fingerprint density at radius 2 is 1.87 bits per heavy atom. The first-order valence-electron chi connectivity index (χ1n) is 9.04. The summed E-state index contributed by atoms with van der Waals surface area (Å²) < 4.78 is 44.5. The maximum absolute atomic E-state index is 13.1. The van der Waals surface area contributed by atoms with Crippen molar-refractivity contribution in [3.63, 3.8) is 0 Å². The van der Waals surface area contributed by atoms with Gasteiger partial charge in [-0.2, -0.15) is 13.2 Å². The second kappa shape index (κ2) is 8.39. The molecule has 2 amide bonds. The van der Waals surface area contributed by atoms with Crippen molar-refractivity contribution < 1.29 is 27.5 Å². The Morgan fingerprint density at radius 3 is 2.47 bits per heavy atom. The predicted molar refractivity (Wildman–Crippen MR) is 106 cm³/mol. The van der Waals surface area contributed by atoms with Crippen LogP contribution in [0.15, 0.2) is 59.8 Å². The van der Waals surface area contributed by atoms with Crippen LogP contribution in [-0.4, -0.2) is 18.6 Å². The number of benzene rings is 2. The Bertz CT molecular complexity index is 1000. The van der Waals surface area contributed by atoms with Crippen molar-refractivity contribution in [1.82, 2.24) is 5.32 Å². The summed E-state index contributed by atoms with van der Waals surface area (Å²) in [4.78, 5) is 26.6. The van der Waals surface area contributed by atoms with Crippen LogP contribution < -0.4 is 10.2 Å². The average molecular weight is 439 g/mol. The zero-order valence-electron chi connectivity index (χ0n) is 16.1. The van der Waals surface area contributed by atoms with E-state index in [0.717, 1.165) is 17.0 Å². The minimum atomic E-state index is -4.57. The quantitative estimate of drug-likeness (QED) is 0.644. The molecule has 0 saturated carbocycles. The molecular formula is C21H18ClF3N2O3. The van der Waals surface area contributed by atoms with Crippen molar-refractivity contribution in [2.75, 3.05) is 11.5 Å². The van der Waals surface area contributed by atoms with Crippen molar-refractivity contribution in [2.24, 2.45) is 0 Å². The number of anilines is 1. The van der Waals surface area contributed by atoms with E-state index < -0.39 is 29.8 Å². The molecule has 158 valence electrons. The molecule has 1 atom stereocenters. The van der Waals surface area contributed by atoms with Gasteiger partial charge >= 0.3 is 18.2 Å². The molecule has 0 saturated heterocycles. The van der Waals surface area contributed by atoms with Gasteiger partial charge in [-0.05, 0) is 49.7 Å². The first-order chi connectivity index (χ1) is 14.1. The van der Waals surface area contributed by atoms with Crippen LogP contribution in [0.2, 0.25) is 5.02 Å². The molecule has 30 heavy (non-hydrogen) atoms. The van der Waals surface area contributed by atoms with E-state index in [-0.39, 0.29) is 23.6 Å². The van der Waals surface area contributed by atoms with Crippen LogP contribution in [0.5, 0.6) is 0 Å². The van der Waals surface area contributed by atoms with Crippen molar-refractivity contribution in [3.8, 4) is 0 Å². The smallest absolute Gasteiger partial charge is 0.416 e. The van der Waals surface area contributed by atoms with E-state index in [1.807, 2.05) is 0 Å². The van der Waals surface area contributed by atoms with Gasteiger partial charge in [-0.1, -0.05) is 29.8 Å². The highest BCUT2D eigenvalue weighted by atomic mass is 35.5. The molecule has 0 aliphatic carbocycles. The topological polar surface area (TPSA) is 58.6 Å². The fourth-order valence-electron chi connectivity index (χ4n) is 3.25. The lowest BCUT2D eigenvalue weighted by molar-refractivity contribution is -0.139. The molecule has 9 heteroatoms. The van der Waals surface area contributed by atoms with Gasteiger partial charge in [0.2, 0.25) is 0 Å². The lowest BCUT2D eigenvalue weighted by Crippen LogP contribution is -2.48. The number of carbonyl (C=O) groups is 2. The molecule has 0 bridgehead atoms. The van der Waals surface area contributed by atoms with E-state index in [1.165, 1.54) is 19.1 Å². The van der Waals surface area contributed by atoms with Gasteiger partial charge in [0.15, 0.2) is 0 Å². The number of carbonyl (C=O) groups excluding carboxylic acids is 2. The average Bonchev–Trinajstić information content (AvgIpc) is 2.68. The Hall–Kier alpha value is -3.00. The molecule has 0 aromatic heterocycles. The fourth-order valence-corrected chi connectivity index (χ4v) is 3.38. The fraction of sp³-hybridized carbons (Fsp3) is 0.238. The molecule has 0 spiro atoms. The molecule has 1 aliphatic heterocycles. The third kappa shape index (κ3) is 4.28. The number of halogens is 4. The van der Waals surface area contributed by atoms with Gasteiger partial charge < -0.3 is 10.1 Å². The van der Waals surface area contributed by atoms with Crippen LogP contribution in [0, 0.1) is 0 Å². The standard InChI is InChI=1S/C21H18ClF3N2O3/c1-3-30-19(28)17-12(2)27(16-6-4-5-14(11-16)21(23,24)25)20(29)26-18(17)13-7-9-15(22)10-8-13/h4-11,18H,3H2,1-2H3,(H,26,29). The summed E-state index contributed by atoms with van der Waals surface area (Å²) in [6, 6.07) is 9.36. The number of nitrogens with one attached hydrogen (secondary N) is 1. The number of hydrogen-bond acceptors (Lipinski definition) is 3. The van der Waals surface area contributed by atoms with Crippen molar-refractivity contribution in [1.29, 1.82) is 0 Å². The van der Waals surface area contributed by atoms with Crippen LogP contribution in [0.3, 0.4) is 0 Å². The SMILES string of the molecule is CCOC(=O)C1=C(C)N(c2cccc(C(F)(F)F)c2)C(=O)NC1c1ccc(Cl)cc1. The molecule has 0 fully saturated rings. The Labute approximate surface area is 176 Å². The molecule has 1 unspecified atom stereocenters. The van der Waals surface area contributed by atoms with Crippen molar-refractivity contribution in [3.05, 3.63) is 76.0 Å². The van der Waals surface area contributed by atoms with Gasteiger partial charge in [0.25, 0.3) is 0 Å². The van der Waals surface area contributed by atoms with Crippen LogP contribution in [-0.2, 0) is 15.7 Å². The summed E-state index contributed by atoms with van der Waals surface area (Å²) in [7, 11) is 0. The van der Waals surface area contributed by atoms with E-state index in [9.17, 15) is 22.8 Å². The van der Waals surface area contributed by atoms with Gasteiger partial charge in [-0.15, -0.1) is 0 Å². The zero-order valence-corrected chi connectivity index (χ0v) is 16.8. The lowest BCUT2D eigenvalue weighted by atomic mass is 9.94. The first kappa shape index (κ1) is 21.7. The highest BCUT2D eigenvalue weighted by Gasteiger charge is 2.38. The molecule has 0 radical (unpaired) electrons. The van der Waals surface area contributed by atoms with Gasteiger partial charge in [0, 0.05) is 10.7 Å². The first-order valence-corrected chi connectivity index (χ1v) is 9.42. The minimum Gasteiger partial charge on any atom is -0.463 e. The summed E-state index contributed by atoms with van der Waals surface area (Å²) in [5.74, 6) is -0.674. The third-order valence-electron chi connectivity index (χ3n) is 4.62. The van der Waals surface area contributed by atoms with Gasteiger partial charge in [-0.3, -0.25) is 4.90 Å². The molecule has 5 nitrogen and oxygen atoms in total. The van der Waals surface area contributed by atoms with E-state index in [4.69, 9.17) is 16.3 Å². The third-order valence-corrected chi connectivity index (χ3v) is 4.87. The molecule has 1 N–H and O–H groups in total. The highest BCUT2D eigenvalue weighted by molar-refractivity contribution is 6.30. The second-order valence-corrected chi connectivity index (χ2v) is 6.97. The summed E-state index contributed by atoms with van der Waals surface area (Å²) in [5, 5.41) is 3.16. The number of ether oxygens (including phenoxy) is 1. The largest absolute Gasteiger partial charge is 0.463 e. The molecule has 3 rings (SSSR count). The zero-order chi connectivity index (χ0) is 22.1. The maximum Gasteiger partial charge on any atom is 0.416 e. The Morgan fingerprint density at radius 1 is 1.20 bits per heavy atom. The van der Waals surface area contributed by atoms with Crippen LogP contribution in [0.25, 0.3) is 0 Å². The second-order valence-electron chi connectivity index (χ2n) is 6.54. The molecule has 2 aromatic rings. The highest BCUT2D eigenvalue weighted by Crippen LogP contribution is 2.37. The van der Waals surface area contributed by atoms with E-state index in [1.54, 1.807) is 31.2 Å². The van der Waals surface area contributed by atoms with Crippen molar-refractivity contribution >= 4 is 29.3 Å². The molecule has 1 heterocycles. The summed E-state index contributed by atoms with van der Waals surface area (Å²) in [6.45, 7) is 3.23. The van der Waals surface area contributed by atoms with Gasteiger partial charge in [0.05, 0.1) is 29.5 Å². The number of hydrogen-bond donors (Lipinski definition) is 1. The van der Waals surface area contributed by atoms with Gasteiger partial charge in [-0.25, -0.2) is 9.59 Å². The number of rotatable bonds is 4. The van der Waals surface area contributed by atoms with E-state index in [0.29, 0.717) is 10.6 Å². The Kier molecular flexibility index (Phi) is 6.07. The number of esters is 1. The summed E-state index contributed by atoms with van der Waals surface area (Å²) in [6.07, 6.45) is -4.57. The van der Waals surface area contributed by atoms with E-state index >= 15 is 0 Å². The molecule has 2 aromatic carbocycles. The monoisotopic (exact) mass is 438 g/mol. The van der Waals surface area contributed by atoms with Crippen LogP contribution in [0.4, 0.5) is 23.7 Å². The number of amides is 2. The van der Waals surface area contributed by atoms with Crippen molar-refractivity contribution in [2.45, 2.75) is 26.1 Å². The van der Waals surface area contributed by atoms with Gasteiger partial charge in [0.1, 0.15) is 0 Å². The number of urea groups is 1. The van der Waals surface area contributed by atoms with E-state index in [2.05, 4.69) is 5.32 Å². The Balaban J connectivity index is 2.13. The number of allylic oxidation sites excluding steroid dienone is 1. The minimum absolute atomic E-state index is 0.0174. The normalized spacial score (nSPS) is 17.1. The number of nitrogens with zero attached hydrogens (tertiary/aromatic N) is 1. The maximum atomic E-state index is 13.1.